The average Bonchev–Trinajstić information content (AvgIpc) is 2.47. The second-order valence-corrected chi connectivity index (χ2v) is 5.44. The summed E-state index contributed by atoms with van der Waals surface area (Å²) in [7, 11) is 0. The number of amides is 1. The van der Waals surface area contributed by atoms with Crippen LogP contribution in [0.15, 0.2) is 22.7 Å². The highest BCUT2D eigenvalue weighted by atomic mass is 79.9. The van der Waals surface area contributed by atoms with Gasteiger partial charge in [-0.05, 0) is 46.6 Å². The minimum Gasteiger partial charge on any atom is -0.483 e. The molecule has 0 aromatic heterocycles. The summed E-state index contributed by atoms with van der Waals surface area (Å²) in [6.45, 7) is 3.14. The van der Waals surface area contributed by atoms with Gasteiger partial charge in [0.15, 0.2) is 6.61 Å². The standard InChI is InChI=1S/C14H19BrN2O3/c15-12-9-11(3-4-16)1-2-13(12)20-10-14(18)17-5-7-19-8-6-17/h1-2,9H,3-8,10,16H2. The molecule has 2 N–H and O–H groups in total. The van der Waals surface area contributed by atoms with Crippen LogP contribution in [-0.2, 0) is 16.0 Å². The Balaban J connectivity index is 1.88. The molecule has 5 nitrogen and oxygen atoms in total. The lowest BCUT2D eigenvalue weighted by Crippen LogP contribution is -2.43. The number of rotatable bonds is 5. The number of hydrogen-bond donors (Lipinski definition) is 1. The second kappa shape index (κ2) is 7.61. The second-order valence-electron chi connectivity index (χ2n) is 4.59. The van der Waals surface area contributed by atoms with E-state index in [0.717, 1.165) is 16.5 Å². The van der Waals surface area contributed by atoms with E-state index in [0.29, 0.717) is 38.6 Å². The maximum absolute atomic E-state index is 12.0. The molecule has 0 unspecified atom stereocenters. The van der Waals surface area contributed by atoms with Crippen molar-refractivity contribution in [1.82, 2.24) is 4.90 Å². The zero-order valence-electron chi connectivity index (χ0n) is 11.3. The maximum Gasteiger partial charge on any atom is 0.260 e. The summed E-state index contributed by atoms with van der Waals surface area (Å²) in [6, 6.07) is 5.80. The smallest absolute Gasteiger partial charge is 0.260 e. The largest absolute Gasteiger partial charge is 0.483 e. The van der Waals surface area contributed by atoms with Crippen molar-refractivity contribution in [1.29, 1.82) is 0 Å². The van der Waals surface area contributed by atoms with E-state index < -0.39 is 0 Å². The number of carbonyl (C=O) groups is 1. The quantitative estimate of drug-likeness (QED) is 0.872. The Morgan fingerprint density at radius 3 is 2.80 bits per heavy atom. The normalized spacial score (nSPS) is 15.2. The molecular weight excluding hydrogens is 324 g/mol. The van der Waals surface area contributed by atoms with Crippen molar-refractivity contribution in [2.24, 2.45) is 5.73 Å². The first-order valence-electron chi connectivity index (χ1n) is 6.67. The van der Waals surface area contributed by atoms with Crippen LogP contribution in [0.25, 0.3) is 0 Å². The number of benzene rings is 1. The van der Waals surface area contributed by atoms with Crippen molar-refractivity contribution in [2.75, 3.05) is 39.5 Å². The van der Waals surface area contributed by atoms with Crippen molar-refractivity contribution in [2.45, 2.75) is 6.42 Å². The number of halogens is 1. The molecule has 1 aromatic carbocycles. The van der Waals surface area contributed by atoms with Gasteiger partial charge < -0.3 is 20.1 Å². The Labute approximate surface area is 127 Å². The predicted octanol–water partition coefficient (Wildman–Crippen LogP) is 1.19. The molecule has 110 valence electrons. The minimum absolute atomic E-state index is 0.00812. The van der Waals surface area contributed by atoms with Gasteiger partial charge in [0.05, 0.1) is 17.7 Å². The SMILES string of the molecule is NCCc1ccc(OCC(=O)N2CCOCC2)c(Br)c1. The van der Waals surface area contributed by atoms with Gasteiger partial charge in [0.2, 0.25) is 0 Å². The molecule has 0 bridgehead atoms. The Morgan fingerprint density at radius 1 is 1.40 bits per heavy atom. The number of carbonyl (C=O) groups excluding carboxylic acids is 1. The highest BCUT2D eigenvalue weighted by molar-refractivity contribution is 9.10. The molecule has 1 aliphatic rings. The van der Waals surface area contributed by atoms with E-state index >= 15 is 0 Å². The van der Waals surface area contributed by atoms with Gasteiger partial charge in [0, 0.05) is 13.1 Å². The zero-order chi connectivity index (χ0) is 14.4. The number of nitrogens with two attached hydrogens (primary N) is 1. The van der Waals surface area contributed by atoms with Gasteiger partial charge in [-0.1, -0.05) is 6.07 Å². The molecule has 0 radical (unpaired) electrons. The monoisotopic (exact) mass is 342 g/mol. The van der Waals surface area contributed by atoms with Gasteiger partial charge in [0.1, 0.15) is 5.75 Å². The molecule has 1 aliphatic heterocycles. The molecule has 2 rings (SSSR count). The topological polar surface area (TPSA) is 64.8 Å². The molecule has 1 fully saturated rings. The maximum atomic E-state index is 12.0. The molecule has 0 atom stereocenters. The summed E-state index contributed by atoms with van der Waals surface area (Å²) < 4.78 is 11.6. The molecule has 6 heteroatoms. The van der Waals surface area contributed by atoms with E-state index in [1.807, 2.05) is 18.2 Å². The van der Waals surface area contributed by atoms with Crippen LogP contribution in [0.2, 0.25) is 0 Å². The molecule has 0 spiro atoms. The fourth-order valence-electron chi connectivity index (χ4n) is 2.03. The average molecular weight is 343 g/mol. The molecule has 1 amide bonds. The van der Waals surface area contributed by atoms with Crippen molar-refractivity contribution in [3.8, 4) is 5.75 Å². The molecule has 1 aromatic rings. The Bertz CT molecular complexity index is 462. The highest BCUT2D eigenvalue weighted by Gasteiger charge is 2.17. The third-order valence-electron chi connectivity index (χ3n) is 3.14. The van der Waals surface area contributed by atoms with Crippen LogP contribution >= 0.6 is 15.9 Å². The van der Waals surface area contributed by atoms with Gasteiger partial charge in [0.25, 0.3) is 5.91 Å². The van der Waals surface area contributed by atoms with Crippen LogP contribution in [0.5, 0.6) is 5.75 Å². The van der Waals surface area contributed by atoms with Crippen LogP contribution in [0.4, 0.5) is 0 Å². The summed E-state index contributed by atoms with van der Waals surface area (Å²) in [4.78, 5) is 13.7. The van der Waals surface area contributed by atoms with Crippen LogP contribution in [-0.4, -0.2) is 50.3 Å². The van der Waals surface area contributed by atoms with Gasteiger partial charge in [-0.2, -0.15) is 0 Å². The van der Waals surface area contributed by atoms with Crippen LogP contribution in [0.1, 0.15) is 5.56 Å². The first-order chi connectivity index (χ1) is 9.70. The summed E-state index contributed by atoms with van der Waals surface area (Å²) in [5.41, 5.74) is 6.67. The minimum atomic E-state index is -0.00812. The van der Waals surface area contributed by atoms with E-state index in [4.69, 9.17) is 15.2 Å². The summed E-state index contributed by atoms with van der Waals surface area (Å²) >= 11 is 3.45. The lowest BCUT2D eigenvalue weighted by atomic mass is 10.1. The number of nitrogens with zero attached hydrogens (tertiary/aromatic N) is 1. The van der Waals surface area contributed by atoms with Crippen LogP contribution < -0.4 is 10.5 Å². The van der Waals surface area contributed by atoms with Gasteiger partial charge in [-0.25, -0.2) is 0 Å². The Morgan fingerprint density at radius 2 is 2.15 bits per heavy atom. The Hall–Kier alpha value is -1.11. The Kier molecular flexibility index (Phi) is 5.82. The molecule has 1 saturated heterocycles. The lowest BCUT2D eigenvalue weighted by molar-refractivity contribution is -0.137. The van der Waals surface area contributed by atoms with E-state index in [1.54, 1.807) is 4.90 Å². The molecule has 0 aliphatic carbocycles. The van der Waals surface area contributed by atoms with E-state index in [-0.39, 0.29) is 12.5 Å². The number of ether oxygens (including phenoxy) is 2. The van der Waals surface area contributed by atoms with Crippen molar-refractivity contribution >= 4 is 21.8 Å². The molecule has 1 heterocycles. The van der Waals surface area contributed by atoms with Gasteiger partial charge in [-0.15, -0.1) is 0 Å². The van der Waals surface area contributed by atoms with Crippen molar-refractivity contribution < 1.29 is 14.3 Å². The highest BCUT2D eigenvalue weighted by Crippen LogP contribution is 2.26. The zero-order valence-corrected chi connectivity index (χ0v) is 12.9. The summed E-state index contributed by atoms with van der Waals surface area (Å²) in [5.74, 6) is 0.665. The molecular formula is C14H19BrN2O3. The van der Waals surface area contributed by atoms with Crippen LogP contribution in [0, 0.1) is 0 Å². The summed E-state index contributed by atoms with van der Waals surface area (Å²) in [5, 5.41) is 0. The predicted molar refractivity (Wildman–Crippen MR) is 79.8 cm³/mol. The third kappa shape index (κ3) is 4.19. The van der Waals surface area contributed by atoms with Crippen molar-refractivity contribution in [3.63, 3.8) is 0 Å². The van der Waals surface area contributed by atoms with Gasteiger partial charge >= 0.3 is 0 Å². The van der Waals surface area contributed by atoms with Crippen LogP contribution in [0.3, 0.4) is 0 Å². The first-order valence-corrected chi connectivity index (χ1v) is 7.47. The fraction of sp³-hybridized carbons (Fsp3) is 0.500. The lowest BCUT2D eigenvalue weighted by Gasteiger charge is -2.26. The number of hydrogen-bond acceptors (Lipinski definition) is 4. The first kappa shape index (κ1) is 15.3. The molecule has 20 heavy (non-hydrogen) atoms. The van der Waals surface area contributed by atoms with Crippen molar-refractivity contribution in [3.05, 3.63) is 28.2 Å². The van der Waals surface area contributed by atoms with Gasteiger partial charge in [-0.3, -0.25) is 4.79 Å². The summed E-state index contributed by atoms with van der Waals surface area (Å²) in [6.07, 6.45) is 0.825. The fourth-order valence-corrected chi connectivity index (χ4v) is 2.57. The molecule has 0 saturated carbocycles. The third-order valence-corrected chi connectivity index (χ3v) is 3.76. The van der Waals surface area contributed by atoms with E-state index in [9.17, 15) is 4.79 Å². The number of morpholine rings is 1. The van der Waals surface area contributed by atoms with E-state index in [2.05, 4.69) is 15.9 Å². The van der Waals surface area contributed by atoms with E-state index in [1.165, 1.54) is 0 Å².